The molecule has 0 saturated heterocycles. The second kappa shape index (κ2) is 4.61. The molecular weight excluding hydrogens is 222 g/mol. The van der Waals surface area contributed by atoms with Crippen LogP contribution < -0.4 is 0 Å². The highest BCUT2D eigenvalue weighted by Crippen LogP contribution is 2.19. The number of fused-ring (bicyclic) bond motifs is 1. The predicted molar refractivity (Wildman–Crippen MR) is 72.4 cm³/mol. The van der Waals surface area contributed by atoms with Crippen LogP contribution in [0.2, 0.25) is 0 Å². The summed E-state index contributed by atoms with van der Waals surface area (Å²) in [5, 5.41) is 0. The molecule has 90 valence electrons. The minimum Gasteiger partial charge on any atom is -0.291 e. The number of imidazole rings is 1. The Balaban J connectivity index is 1.98. The zero-order valence-corrected chi connectivity index (χ0v) is 10.4. The fraction of sp³-hybridized carbons (Fsp3) is 0.200. The molecule has 0 atom stereocenters. The summed E-state index contributed by atoms with van der Waals surface area (Å²) in [6, 6.07) is 10.5. The first-order valence-electron chi connectivity index (χ1n) is 6.26. The summed E-state index contributed by atoms with van der Waals surface area (Å²) in [4.78, 5) is 8.74. The summed E-state index contributed by atoms with van der Waals surface area (Å²) in [6.07, 6.45) is 8.04. The van der Waals surface area contributed by atoms with Crippen molar-refractivity contribution in [3.8, 4) is 11.3 Å². The molecule has 0 N–H and O–H groups in total. The number of benzene rings is 1. The number of aryl methyl sites for hydroxylation is 1. The maximum absolute atomic E-state index is 4.51. The van der Waals surface area contributed by atoms with Gasteiger partial charge in [-0.25, -0.2) is 9.97 Å². The van der Waals surface area contributed by atoms with E-state index >= 15 is 0 Å². The molecule has 0 aliphatic rings. The van der Waals surface area contributed by atoms with Gasteiger partial charge >= 0.3 is 0 Å². The van der Waals surface area contributed by atoms with E-state index in [0.717, 1.165) is 23.5 Å². The number of hydrogen-bond acceptors (Lipinski definition) is 2. The van der Waals surface area contributed by atoms with Gasteiger partial charge in [-0.3, -0.25) is 4.40 Å². The summed E-state index contributed by atoms with van der Waals surface area (Å²) in [7, 11) is 0. The minimum atomic E-state index is 0.741. The van der Waals surface area contributed by atoms with Gasteiger partial charge in [-0.15, -0.1) is 0 Å². The van der Waals surface area contributed by atoms with Crippen LogP contribution in [0.1, 0.15) is 18.9 Å². The Hall–Kier alpha value is -2.16. The Morgan fingerprint density at radius 1 is 1.17 bits per heavy atom. The first-order chi connectivity index (χ1) is 8.86. The molecule has 2 aromatic heterocycles. The van der Waals surface area contributed by atoms with Gasteiger partial charge in [-0.1, -0.05) is 37.6 Å². The fourth-order valence-corrected chi connectivity index (χ4v) is 2.10. The van der Waals surface area contributed by atoms with Crippen molar-refractivity contribution < 1.29 is 0 Å². The van der Waals surface area contributed by atoms with Gasteiger partial charge in [0.2, 0.25) is 5.78 Å². The number of aromatic nitrogens is 3. The van der Waals surface area contributed by atoms with E-state index in [-0.39, 0.29) is 0 Å². The summed E-state index contributed by atoms with van der Waals surface area (Å²) >= 11 is 0. The van der Waals surface area contributed by atoms with E-state index in [4.69, 9.17) is 0 Å². The molecule has 0 unspecified atom stereocenters. The molecule has 3 heteroatoms. The van der Waals surface area contributed by atoms with Crippen LogP contribution in [0.25, 0.3) is 17.0 Å². The highest BCUT2D eigenvalue weighted by Gasteiger charge is 2.04. The van der Waals surface area contributed by atoms with E-state index < -0.39 is 0 Å². The van der Waals surface area contributed by atoms with E-state index in [1.165, 1.54) is 12.0 Å². The molecule has 3 aromatic rings. The Labute approximate surface area is 106 Å². The van der Waals surface area contributed by atoms with Crippen molar-refractivity contribution in [2.75, 3.05) is 0 Å². The molecule has 0 saturated carbocycles. The van der Waals surface area contributed by atoms with Crippen LogP contribution in [0.15, 0.2) is 48.9 Å². The highest BCUT2D eigenvalue weighted by molar-refractivity contribution is 5.61. The lowest BCUT2D eigenvalue weighted by Gasteiger charge is -2.00. The zero-order valence-electron chi connectivity index (χ0n) is 10.4. The number of nitrogens with zero attached hydrogens (tertiary/aromatic N) is 3. The highest BCUT2D eigenvalue weighted by atomic mass is 15.1. The van der Waals surface area contributed by atoms with Crippen molar-refractivity contribution >= 4 is 5.78 Å². The van der Waals surface area contributed by atoms with Crippen molar-refractivity contribution in [3.63, 3.8) is 0 Å². The van der Waals surface area contributed by atoms with Crippen LogP contribution in [0, 0.1) is 0 Å². The lowest BCUT2D eigenvalue weighted by Crippen LogP contribution is -1.83. The van der Waals surface area contributed by atoms with Crippen molar-refractivity contribution in [2.45, 2.75) is 19.8 Å². The largest absolute Gasteiger partial charge is 0.291 e. The van der Waals surface area contributed by atoms with Crippen molar-refractivity contribution in [1.29, 1.82) is 0 Å². The molecule has 2 heterocycles. The summed E-state index contributed by atoms with van der Waals surface area (Å²) in [6.45, 7) is 2.20. The van der Waals surface area contributed by atoms with Gasteiger partial charge in [-0.2, -0.15) is 0 Å². The first-order valence-corrected chi connectivity index (χ1v) is 6.26. The SMILES string of the molecule is CCCc1ccc(-c2cn3cccnc3n2)cc1. The Kier molecular flexibility index (Phi) is 2.81. The van der Waals surface area contributed by atoms with Crippen LogP contribution in [0.3, 0.4) is 0 Å². The third-order valence-electron chi connectivity index (χ3n) is 3.02. The van der Waals surface area contributed by atoms with Crippen LogP contribution in [-0.2, 0) is 6.42 Å². The second-order valence-electron chi connectivity index (χ2n) is 4.40. The first kappa shape index (κ1) is 11.0. The van der Waals surface area contributed by atoms with E-state index in [2.05, 4.69) is 41.2 Å². The Morgan fingerprint density at radius 2 is 2.00 bits per heavy atom. The molecular formula is C15H15N3. The topological polar surface area (TPSA) is 30.2 Å². The molecule has 18 heavy (non-hydrogen) atoms. The van der Waals surface area contributed by atoms with Gasteiger partial charge in [0.25, 0.3) is 0 Å². The third kappa shape index (κ3) is 1.99. The Morgan fingerprint density at radius 3 is 2.72 bits per heavy atom. The van der Waals surface area contributed by atoms with Crippen LogP contribution in [0.4, 0.5) is 0 Å². The summed E-state index contributed by atoms with van der Waals surface area (Å²) in [5.74, 6) is 0.741. The number of hydrogen-bond donors (Lipinski definition) is 0. The molecule has 0 aliphatic heterocycles. The fourth-order valence-electron chi connectivity index (χ4n) is 2.10. The maximum atomic E-state index is 4.51. The third-order valence-corrected chi connectivity index (χ3v) is 3.02. The molecule has 0 fully saturated rings. The van der Waals surface area contributed by atoms with E-state index in [9.17, 15) is 0 Å². The van der Waals surface area contributed by atoms with Gasteiger partial charge in [0.05, 0.1) is 5.69 Å². The molecule has 0 bridgehead atoms. The summed E-state index contributed by atoms with van der Waals surface area (Å²) in [5.41, 5.74) is 3.49. The standard InChI is InChI=1S/C15H15N3/c1-2-4-12-5-7-13(8-6-12)14-11-18-10-3-9-16-15(18)17-14/h3,5-11H,2,4H2,1H3. The summed E-state index contributed by atoms with van der Waals surface area (Å²) < 4.78 is 1.94. The number of rotatable bonds is 3. The van der Waals surface area contributed by atoms with Gasteiger partial charge in [0, 0.05) is 24.2 Å². The molecule has 3 nitrogen and oxygen atoms in total. The molecule has 1 aromatic carbocycles. The van der Waals surface area contributed by atoms with Gasteiger partial charge in [-0.05, 0) is 18.1 Å². The van der Waals surface area contributed by atoms with E-state index in [0.29, 0.717) is 0 Å². The minimum absolute atomic E-state index is 0.741. The Bertz CT molecular complexity index is 620. The van der Waals surface area contributed by atoms with Gasteiger partial charge in [0.15, 0.2) is 0 Å². The monoisotopic (exact) mass is 237 g/mol. The van der Waals surface area contributed by atoms with Crippen LogP contribution in [-0.4, -0.2) is 14.4 Å². The predicted octanol–water partition coefficient (Wildman–Crippen LogP) is 3.35. The maximum Gasteiger partial charge on any atom is 0.234 e. The molecule has 0 radical (unpaired) electrons. The quantitative estimate of drug-likeness (QED) is 0.699. The molecule has 0 amide bonds. The lowest BCUT2D eigenvalue weighted by atomic mass is 10.1. The molecule has 0 spiro atoms. The van der Waals surface area contributed by atoms with Crippen molar-refractivity contribution in [1.82, 2.24) is 14.4 Å². The smallest absolute Gasteiger partial charge is 0.234 e. The van der Waals surface area contributed by atoms with E-state index in [1.807, 2.05) is 22.9 Å². The second-order valence-corrected chi connectivity index (χ2v) is 4.40. The van der Waals surface area contributed by atoms with Crippen LogP contribution >= 0.6 is 0 Å². The van der Waals surface area contributed by atoms with Crippen LogP contribution in [0.5, 0.6) is 0 Å². The van der Waals surface area contributed by atoms with E-state index in [1.54, 1.807) is 6.20 Å². The lowest BCUT2D eigenvalue weighted by molar-refractivity contribution is 0.922. The average Bonchev–Trinajstić information content (AvgIpc) is 2.84. The van der Waals surface area contributed by atoms with Crippen molar-refractivity contribution in [3.05, 3.63) is 54.5 Å². The zero-order chi connectivity index (χ0) is 12.4. The van der Waals surface area contributed by atoms with Crippen molar-refractivity contribution in [2.24, 2.45) is 0 Å². The molecule has 0 aliphatic carbocycles. The normalized spacial score (nSPS) is 10.9. The van der Waals surface area contributed by atoms with Gasteiger partial charge < -0.3 is 0 Å². The van der Waals surface area contributed by atoms with Gasteiger partial charge in [0.1, 0.15) is 0 Å². The molecule has 3 rings (SSSR count). The average molecular weight is 237 g/mol.